The van der Waals surface area contributed by atoms with Gasteiger partial charge in [-0.2, -0.15) is 0 Å². The number of carbonyl (C=O) groups excluding carboxylic acids is 1. The molecule has 29 heavy (non-hydrogen) atoms. The number of hydrogen-bond acceptors (Lipinski definition) is 5. The number of rotatable bonds is 8. The summed E-state index contributed by atoms with van der Waals surface area (Å²) in [5.41, 5.74) is 2.16. The van der Waals surface area contributed by atoms with E-state index in [1.54, 1.807) is 7.11 Å². The summed E-state index contributed by atoms with van der Waals surface area (Å²) >= 11 is 0. The largest absolute Gasteiger partial charge is 0.480 e. The van der Waals surface area contributed by atoms with Crippen molar-refractivity contribution in [2.45, 2.75) is 37.6 Å². The molecule has 1 amide bonds. The van der Waals surface area contributed by atoms with Crippen LogP contribution in [0, 0.1) is 0 Å². The zero-order valence-corrected chi connectivity index (χ0v) is 16.9. The van der Waals surface area contributed by atoms with Gasteiger partial charge in [0.05, 0.1) is 35.6 Å². The minimum Gasteiger partial charge on any atom is -0.480 e. The lowest BCUT2D eigenvalue weighted by Crippen LogP contribution is -2.40. The van der Waals surface area contributed by atoms with Crippen LogP contribution in [0.3, 0.4) is 0 Å². The number of fused-ring (bicyclic) bond motifs is 1. The number of benzene rings is 1. The fourth-order valence-corrected chi connectivity index (χ4v) is 4.08. The van der Waals surface area contributed by atoms with E-state index in [9.17, 15) is 4.79 Å². The standard InChI is InChI=1S/C22H27N5O2/c1-23-12-6-5-10-22(11-9-19(28)27-22)21-24-14-18(26-21)16-13-15-7-3-4-8-17(15)25-20(16)29-2/h3-4,7-8,13-14,23H,5-6,9-12H2,1-2H3,(H,24,26)(H,27,28). The van der Waals surface area contributed by atoms with Gasteiger partial charge in [0.25, 0.3) is 0 Å². The quantitative estimate of drug-likeness (QED) is 0.512. The predicted octanol–water partition coefficient (Wildman–Crippen LogP) is 3.13. The molecule has 7 nitrogen and oxygen atoms in total. The van der Waals surface area contributed by atoms with Crippen LogP contribution in [0.1, 0.15) is 37.9 Å². The number of carbonyl (C=O) groups is 1. The minimum absolute atomic E-state index is 0.0847. The number of methoxy groups -OCH3 is 1. The highest BCUT2D eigenvalue weighted by molar-refractivity contribution is 5.85. The molecule has 0 aliphatic carbocycles. The molecule has 2 aromatic heterocycles. The van der Waals surface area contributed by atoms with Crippen molar-refractivity contribution in [1.29, 1.82) is 0 Å². The second kappa shape index (κ2) is 8.21. The Morgan fingerprint density at radius 2 is 2.14 bits per heavy atom. The summed E-state index contributed by atoms with van der Waals surface area (Å²) in [6.07, 6.45) is 6.03. The van der Waals surface area contributed by atoms with Gasteiger partial charge >= 0.3 is 0 Å². The fraction of sp³-hybridized carbons (Fsp3) is 0.409. The molecule has 1 aliphatic rings. The van der Waals surface area contributed by atoms with Crippen LogP contribution >= 0.6 is 0 Å². The normalized spacial score (nSPS) is 18.9. The number of imidazole rings is 1. The number of H-pyrrole nitrogens is 1. The number of amides is 1. The summed E-state index contributed by atoms with van der Waals surface area (Å²) in [6.45, 7) is 0.966. The topological polar surface area (TPSA) is 91.9 Å². The lowest BCUT2D eigenvalue weighted by atomic mass is 9.90. The van der Waals surface area contributed by atoms with Crippen molar-refractivity contribution < 1.29 is 9.53 Å². The number of aromatic amines is 1. The highest BCUT2D eigenvalue weighted by atomic mass is 16.5. The Morgan fingerprint density at radius 1 is 1.28 bits per heavy atom. The van der Waals surface area contributed by atoms with E-state index in [-0.39, 0.29) is 5.91 Å². The molecule has 4 rings (SSSR count). The van der Waals surface area contributed by atoms with Crippen LogP contribution in [0.4, 0.5) is 0 Å². The van der Waals surface area contributed by atoms with Gasteiger partial charge < -0.3 is 20.4 Å². The average molecular weight is 393 g/mol. The van der Waals surface area contributed by atoms with E-state index in [2.05, 4.69) is 31.7 Å². The molecule has 1 atom stereocenters. The SMILES string of the molecule is CNCCCCC1(c2ncc(-c3cc4ccccc4nc3OC)[nH]2)CCC(=O)N1. The zero-order valence-electron chi connectivity index (χ0n) is 16.9. The monoisotopic (exact) mass is 393 g/mol. The van der Waals surface area contributed by atoms with Crippen LogP contribution in [0.5, 0.6) is 5.88 Å². The molecule has 0 bridgehead atoms. The molecule has 7 heteroatoms. The summed E-state index contributed by atoms with van der Waals surface area (Å²) in [4.78, 5) is 24.8. The first-order valence-corrected chi connectivity index (χ1v) is 10.1. The number of unbranched alkanes of at least 4 members (excludes halogenated alkanes) is 1. The molecule has 1 saturated heterocycles. The van der Waals surface area contributed by atoms with Gasteiger partial charge in [0.15, 0.2) is 0 Å². The maximum Gasteiger partial charge on any atom is 0.223 e. The summed E-state index contributed by atoms with van der Waals surface area (Å²) in [5, 5.41) is 7.40. The van der Waals surface area contributed by atoms with Gasteiger partial charge in [0.1, 0.15) is 5.82 Å². The maximum absolute atomic E-state index is 12.0. The van der Waals surface area contributed by atoms with E-state index >= 15 is 0 Å². The fourth-order valence-electron chi connectivity index (χ4n) is 4.08. The third kappa shape index (κ3) is 3.82. The number of pyridine rings is 1. The molecule has 1 aromatic carbocycles. The van der Waals surface area contributed by atoms with Crippen LogP contribution in [-0.2, 0) is 10.3 Å². The van der Waals surface area contributed by atoms with Gasteiger partial charge in [-0.15, -0.1) is 0 Å². The third-order valence-corrected chi connectivity index (χ3v) is 5.64. The second-order valence-electron chi connectivity index (χ2n) is 7.57. The first-order chi connectivity index (χ1) is 14.1. The number of nitrogens with one attached hydrogen (secondary N) is 3. The molecular weight excluding hydrogens is 366 g/mol. The Kier molecular flexibility index (Phi) is 5.49. The molecule has 3 aromatic rings. The van der Waals surface area contributed by atoms with Crippen molar-refractivity contribution >= 4 is 16.8 Å². The van der Waals surface area contributed by atoms with Crippen molar-refractivity contribution in [1.82, 2.24) is 25.6 Å². The van der Waals surface area contributed by atoms with Gasteiger partial charge in [-0.1, -0.05) is 18.2 Å². The summed E-state index contributed by atoms with van der Waals surface area (Å²) in [6, 6.07) is 10.0. The summed E-state index contributed by atoms with van der Waals surface area (Å²) < 4.78 is 5.54. The van der Waals surface area contributed by atoms with E-state index in [1.165, 1.54) is 0 Å². The number of para-hydroxylation sites is 1. The number of ether oxygens (including phenoxy) is 1. The lowest BCUT2D eigenvalue weighted by Gasteiger charge is -2.27. The number of hydrogen-bond donors (Lipinski definition) is 3. The first-order valence-electron chi connectivity index (χ1n) is 10.1. The number of aromatic nitrogens is 3. The van der Waals surface area contributed by atoms with Gasteiger partial charge in [0, 0.05) is 11.8 Å². The van der Waals surface area contributed by atoms with Gasteiger partial charge in [-0.3, -0.25) is 4.79 Å². The van der Waals surface area contributed by atoms with Gasteiger partial charge in [-0.05, 0) is 51.4 Å². The second-order valence-corrected chi connectivity index (χ2v) is 7.57. The van der Waals surface area contributed by atoms with Crippen molar-refractivity contribution in [2.75, 3.05) is 20.7 Å². The summed E-state index contributed by atoms with van der Waals surface area (Å²) in [5.74, 6) is 1.44. The van der Waals surface area contributed by atoms with Crippen LogP contribution in [0.25, 0.3) is 22.2 Å². The molecule has 0 radical (unpaired) electrons. The van der Waals surface area contributed by atoms with Crippen molar-refractivity contribution in [3.63, 3.8) is 0 Å². The van der Waals surface area contributed by atoms with Crippen LogP contribution in [0.15, 0.2) is 36.5 Å². The predicted molar refractivity (Wildman–Crippen MR) is 113 cm³/mol. The molecule has 1 unspecified atom stereocenters. The van der Waals surface area contributed by atoms with Crippen LogP contribution in [0.2, 0.25) is 0 Å². The Labute approximate surface area is 170 Å². The maximum atomic E-state index is 12.0. The van der Waals surface area contributed by atoms with Crippen LogP contribution in [-0.4, -0.2) is 41.6 Å². The average Bonchev–Trinajstić information content (AvgIpc) is 3.38. The van der Waals surface area contributed by atoms with Crippen molar-refractivity contribution in [3.8, 4) is 17.1 Å². The highest BCUT2D eigenvalue weighted by Gasteiger charge is 2.41. The van der Waals surface area contributed by atoms with Crippen molar-refractivity contribution in [2.24, 2.45) is 0 Å². The Bertz CT molecular complexity index is 1020. The molecule has 152 valence electrons. The third-order valence-electron chi connectivity index (χ3n) is 5.64. The Hall–Kier alpha value is -2.93. The van der Waals surface area contributed by atoms with Gasteiger partial charge in [0.2, 0.25) is 11.8 Å². The van der Waals surface area contributed by atoms with E-state index in [0.717, 1.165) is 60.2 Å². The molecule has 1 fully saturated rings. The Morgan fingerprint density at radius 3 is 2.90 bits per heavy atom. The van der Waals surface area contributed by atoms with Gasteiger partial charge in [-0.25, -0.2) is 9.97 Å². The van der Waals surface area contributed by atoms with Crippen LogP contribution < -0.4 is 15.4 Å². The zero-order chi connectivity index (χ0) is 20.3. The van der Waals surface area contributed by atoms with E-state index in [4.69, 9.17) is 4.74 Å². The van der Waals surface area contributed by atoms with E-state index < -0.39 is 5.54 Å². The van der Waals surface area contributed by atoms with Crippen molar-refractivity contribution in [3.05, 3.63) is 42.4 Å². The first kappa shape index (κ1) is 19.4. The molecule has 0 saturated carbocycles. The molecule has 0 spiro atoms. The molecule has 3 N–H and O–H groups in total. The molecule has 1 aliphatic heterocycles. The highest BCUT2D eigenvalue weighted by Crippen LogP contribution is 2.37. The summed E-state index contributed by atoms with van der Waals surface area (Å²) in [7, 11) is 3.58. The lowest BCUT2D eigenvalue weighted by molar-refractivity contribution is -0.119. The number of nitrogens with zero attached hydrogens (tertiary/aromatic N) is 2. The van der Waals surface area contributed by atoms with E-state index in [1.807, 2.05) is 37.5 Å². The Balaban J connectivity index is 1.67. The minimum atomic E-state index is -0.430. The smallest absolute Gasteiger partial charge is 0.223 e. The molecule has 3 heterocycles. The molecular formula is C22H27N5O2. The van der Waals surface area contributed by atoms with E-state index in [0.29, 0.717) is 12.3 Å².